The molecular weight excluding hydrogens is 368 g/mol. The van der Waals surface area contributed by atoms with Crippen molar-refractivity contribution in [3.63, 3.8) is 0 Å². The average molecular weight is 390 g/mol. The third-order valence-electron chi connectivity index (χ3n) is 4.70. The molecular formula is C15H22N2O10. The second-order valence-electron chi connectivity index (χ2n) is 6.58. The number of aromatic nitrogens is 2. The minimum atomic E-state index is -1.53. The van der Waals surface area contributed by atoms with Crippen molar-refractivity contribution < 1.29 is 39.7 Å². The molecule has 3 rings (SSSR count). The Morgan fingerprint density at radius 2 is 1.74 bits per heavy atom. The predicted molar refractivity (Wildman–Crippen MR) is 85.6 cm³/mol. The van der Waals surface area contributed by atoms with Crippen molar-refractivity contribution in [1.29, 1.82) is 0 Å². The van der Waals surface area contributed by atoms with Gasteiger partial charge in [-0.25, -0.2) is 4.79 Å². The summed E-state index contributed by atoms with van der Waals surface area (Å²) < 4.78 is 17.0. The van der Waals surface area contributed by atoms with Crippen molar-refractivity contribution in [2.75, 3.05) is 6.61 Å². The third kappa shape index (κ3) is 3.83. The molecule has 9 atom stereocenters. The summed E-state index contributed by atoms with van der Waals surface area (Å²) in [6.07, 6.45) is -10.5. The minimum Gasteiger partial charge on any atom is -0.388 e. The summed E-state index contributed by atoms with van der Waals surface area (Å²) in [6.45, 7) is 1.14. The Labute approximate surface area is 152 Å². The molecule has 6 N–H and O–H groups in total. The van der Waals surface area contributed by atoms with E-state index in [1.165, 1.54) is 6.92 Å². The van der Waals surface area contributed by atoms with Gasteiger partial charge in [0.2, 0.25) is 0 Å². The standard InChI is InChI=1S/C15H22N2O10/c1-5-8(19)10(21)12(23)14(26-5)25-4-6-9(20)11(22)13(27-6)17-3-2-7(18)16-15(17)24/h2-3,5-6,8-14,19-23H,4H2,1H3,(H,16,18,24)/t5-,6+,8-,9+,10+,11+,12+,13+,14+/m0/s1. The molecule has 12 nitrogen and oxygen atoms in total. The van der Waals surface area contributed by atoms with E-state index in [-0.39, 0.29) is 6.61 Å². The van der Waals surface area contributed by atoms with Crippen LogP contribution >= 0.6 is 0 Å². The summed E-state index contributed by atoms with van der Waals surface area (Å²) in [5, 5.41) is 49.6. The maximum Gasteiger partial charge on any atom is 0.330 e. The highest BCUT2D eigenvalue weighted by molar-refractivity contribution is 4.94. The Hall–Kier alpha value is -1.64. The van der Waals surface area contributed by atoms with Crippen LogP contribution in [0.1, 0.15) is 13.2 Å². The molecule has 0 bridgehead atoms. The van der Waals surface area contributed by atoms with E-state index in [0.717, 1.165) is 16.8 Å². The molecule has 152 valence electrons. The molecule has 1 aromatic heterocycles. The summed E-state index contributed by atoms with van der Waals surface area (Å²) in [6, 6.07) is 1.06. The lowest BCUT2D eigenvalue weighted by Crippen LogP contribution is -2.57. The van der Waals surface area contributed by atoms with E-state index in [1.807, 2.05) is 4.98 Å². The Bertz CT molecular complexity index is 765. The molecule has 0 radical (unpaired) electrons. The van der Waals surface area contributed by atoms with E-state index in [1.54, 1.807) is 0 Å². The van der Waals surface area contributed by atoms with Crippen LogP contribution in [0.4, 0.5) is 0 Å². The maximum absolute atomic E-state index is 11.8. The number of aromatic amines is 1. The second-order valence-corrected chi connectivity index (χ2v) is 6.58. The summed E-state index contributed by atoms with van der Waals surface area (Å²) >= 11 is 0. The van der Waals surface area contributed by atoms with Crippen LogP contribution in [-0.4, -0.2) is 90.7 Å². The molecule has 0 spiro atoms. The van der Waals surface area contributed by atoms with Crippen molar-refractivity contribution in [3.8, 4) is 0 Å². The van der Waals surface area contributed by atoms with Crippen molar-refractivity contribution in [2.45, 2.75) is 62.2 Å². The number of rotatable bonds is 4. The van der Waals surface area contributed by atoms with Gasteiger partial charge in [-0.1, -0.05) is 0 Å². The molecule has 2 aliphatic rings. The van der Waals surface area contributed by atoms with Gasteiger partial charge in [-0.2, -0.15) is 0 Å². The van der Waals surface area contributed by atoms with Gasteiger partial charge in [0.05, 0.1) is 12.7 Å². The van der Waals surface area contributed by atoms with Crippen LogP contribution < -0.4 is 11.2 Å². The van der Waals surface area contributed by atoms with Gasteiger partial charge in [0.1, 0.15) is 36.6 Å². The van der Waals surface area contributed by atoms with Crippen LogP contribution in [0.15, 0.2) is 21.9 Å². The molecule has 2 saturated heterocycles. The molecule has 0 saturated carbocycles. The molecule has 2 aliphatic heterocycles. The Morgan fingerprint density at radius 3 is 2.41 bits per heavy atom. The van der Waals surface area contributed by atoms with Crippen molar-refractivity contribution >= 4 is 0 Å². The number of nitrogens with zero attached hydrogens (tertiary/aromatic N) is 1. The van der Waals surface area contributed by atoms with Crippen molar-refractivity contribution in [2.24, 2.45) is 0 Å². The van der Waals surface area contributed by atoms with E-state index in [2.05, 4.69) is 0 Å². The zero-order chi connectivity index (χ0) is 19.9. The first-order valence-electron chi connectivity index (χ1n) is 8.35. The Balaban J connectivity index is 1.66. The molecule has 27 heavy (non-hydrogen) atoms. The third-order valence-corrected chi connectivity index (χ3v) is 4.70. The first-order valence-corrected chi connectivity index (χ1v) is 8.35. The summed E-state index contributed by atoms with van der Waals surface area (Å²) in [7, 11) is 0. The van der Waals surface area contributed by atoms with E-state index >= 15 is 0 Å². The second kappa shape index (κ2) is 7.77. The van der Waals surface area contributed by atoms with Crippen LogP contribution in [0.5, 0.6) is 0 Å². The summed E-state index contributed by atoms with van der Waals surface area (Å²) in [5.74, 6) is 0. The van der Waals surface area contributed by atoms with E-state index in [9.17, 15) is 35.1 Å². The first kappa shape index (κ1) is 20.1. The van der Waals surface area contributed by atoms with E-state index in [0.29, 0.717) is 0 Å². The molecule has 1 aromatic rings. The normalized spacial score (nSPS) is 42.4. The van der Waals surface area contributed by atoms with Gasteiger partial charge < -0.3 is 39.7 Å². The summed E-state index contributed by atoms with van der Waals surface area (Å²) in [4.78, 5) is 25.0. The molecule has 0 aliphatic carbocycles. The van der Waals surface area contributed by atoms with Gasteiger partial charge in [0, 0.05) is 12.3 Å². The SMILES string of the molecule is C[C@@H]1O[C@@H](OC[C@H]2O[C@@H](n3ccc(=O)[nH]c3=O)[C@H](O)[C@@H]2O)[C@H](O)[C@H](O)[C@H]1O. The largest absolute Gasteiger partial charge is 0.388 e. The number of nitrogens with one attached hydrogen (secondary N) is 1. The molecule has 0 unspecified atom stereocenters. The smallest absolute Gasteiger partial charge is 0.330 e. The van der Waals surface area contributed by atoms with Crippen molar-refractivity contribution in [1.82, 2.24) is 9.55 Å². The lowest BCUT2D eigenvalue weighted by atomic mass is 10.00. The van der Waals surface area contributed by atoms with Crippen LogP contribution in [0.2, 0.25) is 0 Å². The number of ether oxygens (including phenoxy) is 3. The van der Waals surface area contributed by atoms with Crippen LogP contribution in [0.25, 0.3) is 0 Å². The highest BCUT2D eigenvalue weighted by Crippen LogP contribution is 2.29. The zero-order valence-electron chi connectivity index (χ0n) is 14.3. The van der Waals surface area contributed by atoms with E-state index < -0.39 is 66.5 Å². The van der Waals surface area contributed by atoms with Crippen molar-refractivity contribution in [3.05, 3.63) is 33.1 Å². The lowest BCUT2D eigenvalue weighted by molar-refractivity contribution is -0.298. The maximum atomic E-state index is 11.8. The number of H-pyrrole nitrogens is 1. The Kier molecular flexibility index (Phi) is 5.79. The topological polar surface area (TPSA) is 184 Å². The molecule has 0 aromatic carbocycles. The fraction of sp³-hybridized carbons (Fsp3) is 0.733. The number of aliphatic hydroxyl groups is 5. The van der Waals surface area contributed by atoms with Gasteiger partial charge in [0.25, 0.3) is 5.56 Å². The van der Waals surface area contributed by atoms with Gasteiger partial charge in [0.15, 0.2) is 12.5 Å². The van der Waals surface area contributed by atoms with Gasteiger partial charge in [-0.15, -0.1) is 0 Å². The zero-order valence-corrected chi connectivity index (χ0v) is 14.3. The molecule has 0 amide bonds. The van der Waals surface area contributed by atoms with Gasteiger partial charge in [-0.3, -0.25) is 14.3 Å². The van der Waals surface area contributed by atoms with Gasteiger partial charge in [-0.05, 0) is 6.92 Å². The van der Waals surface area contributed by atoms with E-state index in [4.69, 9.17) is 14.2 Å². The quantitative estimate of drug-likeness (QED) is 0.296. The lowest BCUT2D eigenvalue weighted by Gasteiger charge is -2.39. The highest BCUT2D eigenvalue weighted by Gasteiger charge is 2.46. The Morgan fingerprint density at radius 1 is 1.04 bits per heavy atom. The highest BCUT2D eigenvalue weighted by atomic mass is 16.7. The molecule has 2 fully saturated rings. The molecule has 3 heterocycles. The monoisotopic (exact) mass is 390 g/mol. The van der Waals surface area contributed by atoms with Crippen LogP contribution in [0.3, 0.4) is 0 Å². The number of aliphatic hydroxyl groups excluding tert-OH is 5. The summed E-state index contributed by atoms with van der Waals surface area (Å²) in [5.41, 5.74) is -1.44. The van der Waals surface area contributed by atoms with Crippen LogP contribution in [0, 0.1) is 0 Å². The predicted octanol–water partition coefficient (Wildman–Crippen LogP) is -4.00. The fourth-order valence-electron chi connectivity index (χ4n) is 3.07. The number of hydrogen-bond acceptors (Lipinski definition) is 10. The molecule has 12 heteroatoms. The van der Waals surface area contributed by atoms with Crippen LogP contribution in [-0.2, 0) is 14.2 Å². The van der Waals surface area contributed by atoms with Gasteiger partial charge >= 0.3 is 5.69 Å². The minimum absolute atomic E-state index is 0.343. The average Bonchev–Trinajstić information content (AvgIpc) is 2.90. The number of hydrogen-bond donors (Lipinski definition) is 6. The fourth-order valence-corrected chi connectivity index (χ4v) is 3.07. The first-order chi connectivity index (χ1) is 12.7.